The Morgan fingerprint density at radius 3 is 2.50 bits per heavy atom. The Bertz CT molecular complexity index is 929. The van der Waals surface area contributed by atoms with Crippen LogP contribution in [-0.4, -0.2) is 48.8 Å². The number of aromatic nitrogens is 1. The van der Waals surface area contributed by atoms with E-state index in [1.54, 1.807) is 16.6 Å². The number of hydrogen-bond donors (Lipinski definition) is 0. The summed E-state index contributed by atoms with van der Waals surface area (Å²) in [5.41, 5.74) is 1.80. The van der Waals surface area contributed by atoms with Gasteiger partial charge >= 0.3 is 0 Å². The minimum atomic E-state index is -3.48. The highest BCUT2D eigenvalue weighted by molar-refractivity contribution is 7.89. The lowest BCUT2D eigenvalue weighted by molar-refractivity contribution is 0.242. The van der Waals surface area contributed by atoms with E-state index in [9.17, 15) is 8.42 Å². The highest BCUT2D eigenvalue weighted by Gasteiger charge is 2.28. The van der Waals surface area contributed by atoms with Gasteiger partial charge in [-0.25, -0.2) is 13.4 Å². The second kappa shape index (κ2) is 7.97. The molecule has 0 N–H and O–H groups in total. The topological polar surface area (TPSA) is 66.7 Å². The van der Waals surface area contributed by atoms with Gasteiger partial charge in [0.2, 0.25) is 15.9 Å². The number of benzene rings is 1. The van der Waals surface area contributed by atoms with Gasteiger partial charge in [0, 0.05) is 25.0 Å². The van der Waals surface area contributed by atoms with Crippen LogP contribution in [0.3, 0.4) is 0 Å². The van der Waals surface area contributed by atoms with Crippen LogP contribution in [0.2, 0.25) is 0 Å². The molecule has 0 saturated carbocycles. The molecular formula is C21H31N3O3S. The van der Waals surface area contributed by atoms with E-state index >= 15 is 0 Å². The molecule has 6 nitrogen and oxygen atoms in total. The first kappa shape index (κ1) is 21.0. The van der Waals surface area contributed by atoms with Crippen molar-refractivity contribution in [1.82, 2.24) is 14.2 Å². The van der Waals surface area contributed by atoms with E-state index in [2.05, 4.69) is 30.7 Å². The Kier molecular flexibility index (Phi) is 5.98. The van der Waals surface area contributed by atoms with Gasteiger partial charge in [-0.15, -0.1) is 0 Å². The predicted molar refractivity (Wildman–Crippen MR) is 110 cm³/mol. The fraction of sp³-hybridized carbons (Fsp3) is 0.571. The molecule has 0 amide bonds. The minimum Gasteiger partial charge on any atom is -0.444 e. The Morgan fingerprint density at radius 1 is 1.11 bits per heavy atom. The monoisotopic (exact) mass is 405 g/mol. The Hall–Kier alpha value is -1.70. The number of sulfonamides is 1. The lowest BCUT2D eigenvalue weighted by atomic mass is 9.94. The molecule has 154 valence electrons. The molecule has 2 aromatic rings. The summed E-state index contributed by atoms with van der Waals surface area (Å²) in [7, 11) is -3.48. The quantitative estimate of drug-likeness (QED) is 0.779. The maximum atomic E-state index is 13.1. The summed E-state index contributed by atoms with van der Waals surface area (Å²) >= 11 is 0. The minimum absolute atomic E-state index is 0.0686. The van der Waals surface area contributed by atoms with Crippen LogP contribution in [0.1, 0.15) is 50.0 Å². The molecular weight excluding hydrogens is 374 g/mol. The van der Waals surface area contributed by atoms with Crippen molar-refractivity contribution in [1.29, 1.82) is 0 Å². The summed E-state index contributed by atoms with van der Waals surface area (Å²) < 4.78 is 33.8. The van der Waals surface area contributed by atoms with Crippen LogP contribution in [-0.2, 0) is 22.0 Å². The molecule has 0 radical (unpaired) electrons. The maximum absolute atomic E-state index is 13.1. The lowest BCUT2D eigenvalue weighted by Crippen LogP contribution is -2.35. The van der Waals surface area contributed by atoms with Gasteiger partial charge in [-0.05, 0) is 38.4 Å². The summed E-state index contributed by atoms with van der Waals surface area (Å²) in [6.45, 7) is 13.2. The molecule has 7 heteroatoms. The molecule has 1 aromatic heterocycles. The van der Waals surface area contributed by atoms with Gasteiger partial charge < -0.3 is 4.42 Å². The number of aryl methyl sites for hydroxylation is 2. The molecule has 0 aliphatic carbocycles. The van der Waals surface area contributed by atoms with Gasteiger partial charge in [-0.1, -0.05) is 38.5 Å². The van der Waals surface area contributed by atoms with E-state index in [0.29, 0.717) is 37.0 Å². The van der Waals surface area contributed by atoms with Crippen molar-refractivity contribution in [2.45, 2.75) is 57.9 Å². The first-order valence-corrected chi connectivity index (χ1v) is 11.3. The normalized spacial score (nSPS) is 17.6. The van der Waals surface area contributed by atoms with Gasteiger partial charge in [0.05, 0.1) is 17.6 Å². The van der Waals surface area contributed by atoms with Crippen molar-refractivity contribution < 1.29 is 12.8 Å². The van der Waals surface area contributed by atoms with Gasteiger partial charge in [0.1, 0.15) is 5.76 Å². The van der Waals surface area contributed by atoms with E-state index < -0.39 is 10.0 Å². The summed E-state index contributed by atoms with van der Waals surface area (Å²) in [6, 6.07) is 5.51. The van der Waals surface area contributed by atoms with Gasteiger partial charge in [0.15, 0.2) is 0 Å². The van der Waals surface area contributed by atoms with Crippen LogP contribution >= 0.6 is 0 Å². The van der Waals surface area contributed by atoms with Crippen LogP contribution in [0.5, 0.6) is 0 Å². The lowest BCUT2D eigenvalue weighted by Gasteiger charge is -2.22. The highest BCUT2D eigenvalue weighted by Crippen LogP contribution is 2.24. The molecule has 0 spiro atoms. The second-order valence-corrected chi connectivity index (χ2v) is 10.6. The molecule has 0 unspecified atom stereocenters. The number of nitrogens with zero attached hydrogens (tertiary/aromatic N) is 3. The number of hydrogen-bond acceptors (Lipinski definition) is 5. The molecule has 1 fully saturated rings. The first-order valence-electron chi connectivity index (χ1n) is 9.82. The molecule has 0 atom stereocenters. The summed E-state index contributed by atoms with van der Waals surface area (Å²) in [6.07, 6.45) is 2.58. The largest absolute Gasteiger partial charge is 0.444 e. The van der Waals surface area contributed by atoms with Crippen molar-refractivity contribution in [3.05, 3.63) is 47.2 Å². The predicted octanol–water partition coefficient (Wildman–Crippen LogP) is 3.49. The molecule has 2 heterocycles. The summed E-state index contributed by atoms with van der Waals surface area (Å²) in [4.78, 5) is 7.03. The van der Waals surface area contributed by atoms with E-state index in [4.69, 9.17) is 4.42 Å². The van der Waals surface area contributed by atoms with Crippen molar-refractivity contribution in [3.8, 4) is 0 Å². The average molecular weight is 406 g/mol. The third-order valence-corrected chi connectivity index (χ3v) is 7.21. The fourth-order valence-corrected chi connectivity index (χ4v) is 5.17. The van der Waals surface area contributed by atoms with Crippen LogP contribution in [0.25, 0.3) is 0 Å². The van der Waals surface area contributed by atoms with Crippen molar-refractivity contribution in [3.63, 3.8) is 0 Å². The number of oxazole rings is 1. The van der Waals surface area contributed by atoms with Crippen LogP contribution in [0.15, 0.2) is 33.7 Å². The summed E-state index contributed by atoms with van der Waals surface area (Å²) in [5.74, 6) is 1.56. The summed E-state index contributed by atoms with van der Waals surface area (Å²) in [5, 5.41) is 0. The highest BCUT2D eigenvalue weighted by atomic mass is 32.2. The van der Waals surface area contributed by atoms with Crippen molar-refractivity contribution in [2.75, 3.05) is 26.2 Å². The SMILES string of the molecule is Cc1ccc(S(=O)(=O)N2CCCN(Cc3ncc(C(C)(C)C)o3)CC2)c(C)c1. The zero-order valence-corrected chi connectivity index (χ0v) is 18.3. The van der Waals surface area contributed by atoms with E-state index in [0.717, 1.165) is 29.9 Å². The fourth-order valence-electron chi connectivity index (χ4n) is 3.49. The third-order valence-electron chi connectivity index (χ3n) is 5.15. The van der Waals surface area contributed by atoms with Gasteiger partial charge in [-0.3, -0.25) is 4.90 Å². The third kappa shape index (κ3) is 4.64. The van der Waals surface area contributed by atoms with Crippen LogP contribution in [0.4, 0.5) is 0 Å². The zero-order chi connectivity index (χ0) is 20.5. The van der Waals surface area contributed by atoms with Crippen LogP contribution < -0.4 is 0 Å². The Labute approximate surface area is 168 Å². The van der Waals surface area contributed by atoms with Crippen LogP contribution in [0, 0.1) is 13.8 Å². The molecule has 1 saturated heterocycles. The van der Waals surface area contributed by atoms with E-state index in [1.807, 2.05) is 26.0 Å². The molecule has 1 aromatic carbocycles. The molecule has 1 aliphatic heterocycles. The van der Waals surface area contributed by atoms with E-state index in [1.165, 1.54) is 0 Å². The first-order chi connectivity index (χ1) is 13.1. The zero-order valence-electron chi connectivity index (χ0n) is 17.5. The average Bonchev–Trinajstić information content (AvgIpc) is 2.93. The van der Waals surface area contributed by atoms with Gasteiger partial charge in [0.25, 0.3) is 0 Å². The molecule has 1 aliphatic rings. The molecule has 0 bridgehead atoms. The maximum Gasteiger partial charge on any atom is 0.243 e. The standard InChI is InChI=1S/C21H31N3O3S/c1-16-7-8-18(17(2)13-16)28(25,26)24-10-6-9-23(11-12-24)15-20-22-14-19(27-20)21(3,4)5/h7-8,13-14H,6,9-12,15H2,1-5H3. The molecule has 28 heavy (non-hydrogen) atoms. The smallest absolute Gasteiger partial charge is 0.243 e. The second-order valence-electron chi connectivity index (χ2n) is 8.67. The Balaban J connectivity index is 1.68. The number of rotatable bonds is 4. The van der Waals surface area contributed by atoms with Crippen molar-refractivity contribution in [2.24, 2.45) is 0 Å². The molecule has 3 rings (SSSR count). The Morgan fingerprint density at radius 2 is 1.86 bits per heavy atom. The van der Waals surface area contributed by atoms with Crippen molar-refractivity contribution >= 4 is 10.0 Å². The van der Waals surface area contributed by atoms with E-state index in [-0.39, 0.29) is 5.41 Å². The van der Waals surface area contributed by atoms with Gasteiger partial charge in [-0.2, -0.15) is 4.31 Å².